The number of amides is 1. The summed E-state index contributed by atoms with van der Waals surface area (Å²) < 4.78 is 7.88. The van der Waals surface area contributed by atoms with Crippen LogP contribution in [-0.2, 0) is 4.79 Å². The quantitative estimate of drug-likeness (QED) is 0.388. The van der Waals surface area contributed by atoms with E-state index in [-0.39, 0.29) is 13.0 Å². The predicted molar refractivity (Wildman–Crippen MR) is 95.5 cm³/mol. The maximum Gasteiger partial charge on any atom is 0.303 e. The minimum Gasteiger partial charge on any atom is -0.491 e. The number of rotatable bonds is 6. The molecule has 1 aromatic rings. The second-order valence-corrected chi connectivity index (χ2v) is 6.97. The Morgan fingerprint density at radius 3 is 2.42 bits per heavy atom. The Balaban J connectivity index is 2.91. The number of ether oxygens (including phenoxy) is 1. The van der Waals surface area contributed by atoms with Gasteiger partial charge in [0, 0.05) is 9.99 Å². The summed E-state index contributed by atoms with van der Waals surface area (Å²) in [5.41, 5.74) is 5.78. The summed E-state index contributed by atoms with van der Waals surface area (Å²) in [5, 5.41) is 8.55. The van der Waals surface area contributed by atoms with Gasteiger partial charge in [0.2, 0.25) is 0 Å². The number of primary amides is 1. The van der Waals surface area contributed by atoms with Crippen LogP contribution in [0.5, 0.6) is 5.75 Å². The van der Waals surface area contributed by atoms with Crippen molar-refractivity contribution in [3.63, 3.8) is 0 Å². The van der Waals surface area contributed by atoms with E-state index in [4.69, 9.17) is 15.6 Å². The average Bonchev–Trinajstić information content (AvgIpc) is 2.26. The van der Waals surface area contributed by atoms with Crippen LogP contribution in [0.1, 0.15) is 23.2 Å². The fraction of sp³-hybridized carbons (Fsp3) is 0.273. The van der Waals surface area contributed by atoms with Crippen LogP contribution < -0.4 is 10.5 Å². The molecule has 1 amide bonds. The summed E-state index contributed by atoms with van der Waals surface area (Å²) in [5.74, 6) is -0.769. The van der Waals surface area contributed by atoms with Gasteiger partial charge >= 0.3 is 5.97 Å². The summed E-state index contributed by atoms with van der Waals surface area (Å²) in [4.78, 5) is 21.8. The van der Waals surface area contributed by atoms with Gasteiger partial charge in [0.05, 0.1) is 19.3 Å². The van der Waals surface area contributed by atoms with E-state index in [9.17, 15) is 9.59 Å². The zero-order chi connectivity index (χ0) is 14.6. The molecule has 8 heteroatoms. The van der Waals surface area contributed by atoms with E-state index in [2.05, 4.69) is 45.2 Å². The van der Waals surface area contributed by atoms with Gasteiger partial charge in [0.15, 0.2) is 0 Å². The molecule has 1 aromatic carbocycles. The van der Waals surface area contributed by atoms with E-state index in [1.165, 1.54) is 0 Å². The summed E-state index contributed by atoms with van der Waals surface area (Å²) in [6, 6.07) is 1.82. The van der Waals surface area contributed by atoms with Crippen LogP contribution in [0.25, 0.3) is 0 Å². The number of carbonyl (C=O) groups excluding carboxylic acids is 1. The lowest BCUT2D eigenvalue weighted by molar-refractivity contribution is -0.137. The van der Waals surface area contributed by atoms with Gasteiger partial charge in [0.25, 0.3) is 5.91 Å². The molecule has 0 saturated heterocycles. The zero-order valence-corrected chi connectivity index (χ0v) is 16.1. The number of hydrogen-bond acceptors (Lipinski definition) is 3. The van der Waals surface area contributed by atoms with Gasteiger partial charge in [-0.1, -0.05) is 0 Å². The van der Waals surface area contributed by atoms with Crippen LogP contribution in [-0.4, -0.2) is 23.6 Å². The molecule has 0 heterocycles. The molecule has 0 spiro atoms. The van der Waals surface area contributed by atoms with Crippen LogP contribution >= 0.6 is 67.8 Å². The second kappa shape index (κ2) is 7.81. The maximum absolute atomic E-state index is 11.4. The van der Waals surface area contributed by atoms with Crippen molar-refractivity contribution in [3.05, 3.63) is 22.3 Å². The number of carbonyl (C=O) groups is 2. The molecule has 3 N–H and O–H groups in total. The van der Waals surface area contributed by atoms with Crippen molar-refractivity contribution in [3.8, 4) is 5.75 Å². The largest absolute Gasteiger partial charge is 0.491 e. The standard InChI is InChI=1S/C11H10I3NO4/c12-5-4-6(13)10(9(14)8(5)11(15)18)19-3-1-2-7(16)17/h4H,1-3H2,(H2,15,18)(H,16,17). The third-order valence-corrected chi connectivity index (χ3v) is 4.84. The first-order chi connectivity index (χ1) is 8.84. The number of aliphatic carboxylic acids is 1. The molecule has 1 rings (SSSR count). The minimum atomic E-state index is -0.853. The monoisotopic (exact) mass is 601 g/mol. The molecule has 0 fully saturated rings. The SMILES string of the molecule is NC(=O)c1c(I)cc(I)c(OCCCC(=O)O)c1I. The third-order valence-electron chi connectivity index (χ3n) is 2.16. The van der Waals surface area contributed by atoms with Gasteiger partial charge in [-0.05, 0) is 80.3 Å². The molecule has 0 aliphatic carbocycles. The molecule has 0 aliphatic rings. The third kappa shape index (κ3) is 4.88. The van der Waals surface area contributed by atoms with Crippen LogP contribution in [0.4, 0.5) is 0 Å². The van der Waals surface area contributed by atoms with Gasteiger partial charge in [-0.25, -0.2) is 0 Å². The molecule has 0 radical (unpaired) electrons. The maximum atomic E-state index is 11.4. The van der Waals surface area contributed by atoms with Gasteiger partial charge in [-0.2, -0.15) is 0 Å². The fourth-order valence-electron chi connectivity index (χ4n) is 1.33. The topological polar surface area (TPSA) is 89.6 Å². The molecule has 104 valence electrons. The van der Waals surface area contributed by atoms with Gasteiger partial charge in [-0.3, -0.25) is 9.59 Å². The van der Waals surface area contributed by atoms with Gasteiger partial charge < -0.3 is 15.6 Å². The number of halogens is 3. The van der Waals surface area contributed by atoms with E-state index >= 15 is 0 Å². The van der Waals surface area contributed by atoms with Crippen LogP contribution in [0, 0.1) is 10.7 Å². The van der Waals surface area contributed by atoms with Crippen LogP contribution in [0.3, 0.4) is 0 Å². The molecule has 0 saturated carbocycles. The van der Waals surface area contributed by atoms with Crippen LogP contribution in [0.2, 0.25) is 0 Å². The number of hydrogen-bond donors (Lipinski definition) is 2. The van der Waals surface area contributed by atoms with Crippen molar-refractivity contribution in [2.24, 2.45) is 5.73 Å². The number of benzene rings is 1. The Bertz CT molecular complexity index is 519. The Morgan fingerprint density at radius 2 is 1.89 bits per heavy atom. The van der Waals surface area contributed by atoms with Gasteiger partial charge in [-0.15, -0.1) is 0 Å². The lowest BCUT2D eigenvalue weighted by Crippen LogP contribution is -2.16. The lowest BCUT2D eigenvalue weighted by atomic mass is 10.2. The lowest BCUT2D eigenvalue weighted by Gasteiger charge is -2.13. The fourth-order valence-corrected chi connectivity index (χ4v) is 5.54. The van der Waals surface area contributed by atoms with Crippen molar-refractivity contribution in [2.45, 2.75) is 12.8 Å². The first-order valence-corrected chi connectivity index (χ1v) is 8.40. The first-order valence-electron chi connectivity index (χ1n) is 5.16. The Hall–Kier alpha value is 0.150. The second-order valence-electron chi connectivity index (χ2n) is 3.57. The molecular formula is C11H10I3NO4. The molecule has 0 aliphatic heterocycles. The van der Waals surface area contributed by atoms with Crippen molar-refractivity contribution in [1.29, 1.82) is 0 Å². The van der Waals surface area contributed by atoms with E-state index in [1.54, 1.807) is 0 Å². The van der Waals surface area contributed by atoms with Crippen molar-refractivity contribution >= 4 is 79.6 Å². The molecular weight excluding hydrogens is 591 g/mol. The highest BCUT2D eigenvalue weighted by Gasteiger charge is 2.18. The average molecular weight is 601 g/mol. The summed E-state index contributed by atoms with van der Waals surface area (Å²) >= 11 is 6.19. The highest BCUT2D eigenvalue weighted by atomic mass is 127. The van der Waals surface area contributed by atoms with E-state index in [0.29, 0.717) is 21.3 Å². The molecule has 0 bridgehead atoms. The number of nitrogens with two attached hydrogens (primary N) is 1. The molecule has 5 nitrogen and oxygen atoms in total. The Kier molecular flexibility index (Phi) is 7.07. The minimum absolute atomic E-state index is 0.0558. The van der Waals surface area contributed by atoms with Crippen LogP contribution in [0.15, 0.2) is 6.07 Å². The highest BCUT2D eigenvalue weighted by Crippen LogP contribution is 2.33. The van der Waals surface area contributed by atoms with E-state index in [0.717, 1.165) is 7.14 Å². The van der Waals surface area contributed by atoms with Crippen molar-refractivity contribution in [2.75, 3.05) is 6.61 Å². The normalized spacial score (nSPS) is 10.3. The van der Waals surface area contributed by atoms with Gasteiger partial charge in [0.1, 0.15) is 5.75 Å². The molecule has 0 unspecified atom stereocenters. The Labute approximate surface area is 151 Å². The summed E-state index contributed by atoms with van der Waals surface area (Å²) in [6.07, 6.45) is 0.472. The number of carboxylic acid groups (broad SMARTS) is 1. The Morgan fingerprint density at radius 1 is 1.26 bits per heavy atom. The van der Waals surface area contributed by atoms with Crippen molar-refractivity contribution < 1.29 is 19.4 Å². The molecule has 19 heavy (non-hydrogen) atoms. The first kappa shape index (κ1) is 17.2. The summed E-state index contributed by atoms with van der Waals surface area (Å²) in [7, 11) is 0. The highest BCUT2D eigenvalue weighted by molar-refractivity contribution is 14.1. The van der Waals surface area contributed by atoms with E-state index in [1.807, 2.05) is 28.7 Å². The summed E-state index contributed by atoms with van der Waals surface area (Å²) in [6.45, 7) is 0.289. The van der Waals surface area contributed by atoms with Crippen molar-refractivity contribution in [1.82, 2.24) is 0 Å². The molecule has 0 atom stereocenters. The zero-order valence-electron chi connectivity index (χ0n) is 9.58. The number of carboxylic acids is 1. The van der Waals surface area contributed by atoms with E-state index < -0.39 is 11.9 Å². The molecule has 0 aromatic heterocycles. The predicted octanol–water partition coefficient (Wildman–Crippen LogP) is 2.84. The smallest absolute Gasteiger partial charge is 0.303 e.